The zero-order valence-electron chi connectivity index (χ0n) is 16.5. The Labute approximate surface area is 167 Å². The van der Waals surface area contributed by atoms with Crippen LogP contribution in [0.2, 0.25) is 0 Å². The van der Waals surface area contributed by atoms with E-state index in [1.54, 1.807) is 31.2 Å². The van der Waals surface area contributed by atoms with Crippen LogP contribution >= 0.6 is 0 Å². The number of aliphatic hydroxyl groups is 1. The monoisotopic (exact) mass is 407 g/mol. The van der Waals surface area contributed by atoms with Crippen LogP contribution in [-0.2, 0) is 16.2 Å². The molecule has 0 saturated carbocycles. The van der Waals surface area contributed by atoms with Gasteiger partial charge in [-0.25, -0.2) is 4.39 Å². The van der Waals surface area contributed by atoms with Gasteiger partial charge in [-0.1, -0.05) is 37.3 Å². The average molecular weight is 408 g/mol. The molecule has 0 radical (unpaired) electrons. The van der Waals surface area contributed by atoms with Crippen LogP contribution in [0.15, 0.2) is 48.5 Å². The van der Waals surface area contributed by atoms with E-state index in [0.717, 1.165) is 12.1 Å². The number of halogens is 1. The molecule has 5 nitrogen and oxygen atoms in total. The van der Waals surface area contributed by atoms with Crippen molar-refractivity contribution in [2.45, 2.75) is 50.4 Å². The SMILES string of the molecule is CC(C)(C)[S@@](=O)C[C@@](C)(C[C@H](O)c1ccccc1)c1cc([N+](=O)[O-])ccc1F. The van der Waals surface area contributed by atoms with Gasteiger partial charge >= 0.3 is 0 Å². The predicted molar refractivity (Wildman–Crippen MR) is 109 cm³/mol. The first kappa shape index (κ1) is 22.2. The third kappa shape index (κ3) is 5.23. The fourth-order valence-corrected chi connectivity index (χ4v) is 4.35. The molecule has 2 rings (SSSR count). The van der Waals surface area contributed by atoms with Crippen LogP contribution in [0, 0.1) is 15.9 Å². The Balaban J connectivity index is 2.51. The Morgan fingerprint density at radius 2 is 1.75 bits per heavy atom. The molecule has 0 aliphatic carbocycles. The van der Waals surface area contributed by atoms with Gasteiger partial charge in [0.15, 0.2) is 0 Å². The van der Waals surface area contributed by atoms with Crippen molar-refractivity contribution in [1.29, 1.82) is 0 Å². The van der Waals surface area contributed by atoms with Gasteiger partial charge < -0.3 is 5.11 Å². The van der Waals surface area contributed by atoms with Crippen LogP contribution in [0.4, 0.5) is 10.1 Å². The Morgan fingerprint density at radius 3 is 2.29 bits per heavy atom. The molecule has 0 spiro atoms. The molecule has 0 unspecified atom stereocenters. The van der Waals surface area contributed by atoms with E-state index in [2.05, 4.69) is 0 Å². The smallest absolute Gasteiger partial charge is 0.269 e. The van der Waals surface area contributed by atoms with Gasteiger partial charge in [-0.05, 0) is 38.8 Å². The number of non-ortho nitro benzene ring substituents is 1. The summed E-state index contributed by atoms with van der Waals surface area (Å²) in [6.07, 6.45) is -0.849. The number of benzene rings is 2. The van der Waals surface area contributed by atoms with E-state index < -0.39 is 37.8 Å². The summed E-state index contributed by atoms with van der Waals surface area (Å²) in [5, 5.41) is 21.9. The van der Waals surface area contributed by atoms with Crippen LogP contribution in [0.25, 0.3) is 0 Å². The van der Waals surface area contributed by atoms with E-state index in [-0.39, 0.29) is 23.4 Å². The second kappa shape index (κ2) is 8.49. The molecular formula is C21H26FNO4S. The summed E-state index contributed by atoms with van der Waals surface area (Å²) in [5.41, 5.74) is -0.558. The zero-order valence-corrected chi connectivity index (χ0v) is 17.3. The summed E-state index contributed by atoms with van der Waals surface area (Å²) in [4.78, 5) is 10.6. The fraction of sp³-hybridized carbons (Fsp3) is 0.429. The molecule has 1 N–H and O–H groups in total. The van der Waals surface area contributed by atoms with Crippen molar-refractivity contribution < 1.29 is 18.6 Å². The van der Waals surface area contributed by atoms with Crippen molar-refractivity contribution in [3.63, 3.8) is 0 Å². The van der Waals surface area contributed by atoms with Crippen LogP contribution in [0.3, 0.4) is 0 Å². The first-order valence-electron chi connectivity index (χ1n) is 9.00. The van der Waals surface area contributed by atoms with Crippen molar-refractivity contribution in [3.8, 4) is 0 Å². The lowest BCUT2D eigenvalue weighted by atomic mass is 9.78. The lowest BCUT2D eigenvalue weighted by Crippen LogP contribution is -2.37. The molecule has 3 atom stereocenters. The second-order valence-corrected chi connectivity index (χ2v) is 10.4. The summed E-state index contributed by atoms with van der Waals surface area (Å²) in [5.74, 6) is -0.544. The molecule has 0 amide bonds. The number of hydrogen-bond acceptors (Lipinski definition) is 4. The number of hydrogen-bond donors (Lipinski definition) is 1. The van der Waals surface area contributed by atoms with Gasteiger partial charge in [-0.3, -0.25) is 14.3 Å². The maximum Gasteiger partial charge on any atom is 0.269 e. The molecule has 2 aromatic rings. The molecule has 0 saturated heterocycles. The van der Waals surface area contributed by atoms with Gasteiger partial charge in [-0.2, -0.15) is 0 Å². The Hall–Kier alpha value is -2.12. The maximum atomic E-state index is 14.7. The third-order valence-corrected chi connectivity index (χ3v) is 7.04. The summed E-state index contributed by atoms with van der Waals surface area (Å²) in [6.45, 7) is 7.16. The first-order valence-corrected chi connectivity index (χ1v) is 10.3. The largest absolute Gasteiger partial charge is 0.388 e. The second-order valence-electron chi connectivity index (χ2n) is 8.21. The maximum absolute atomic E-state index is 14.7. The molecule has 0 heterocycles. The number of rotatable bonds is 7. The Bertz CT molecular complexity index is 866. The molecule has 0 aromatic heterocycles. The van der Waals surface area contributed by atoms with Crippen molar-refractivity contribution in [2.24, 2.45) is 0 Å². The molecular weight excluding hydrogens is 381 g/mol. The molecule has 0 bridgehead atoms. The number of aliphatic hydroxyl groups excluding tert-OH is 1. The molecule has 28 heavy (non-hydrogen) atoms. The highest BCUT2D eigenvalue weighted by Gasteiger charge is 2.38. The minimum absolute atomic E-state index is 0.0679. The summed E-state index contributed by atoms with van der Waals surface area (Å²) >= 11 is 0. The van der Waals surface area contributed by atoms with Gasteiger partial charge in [-0.15, -0.1) is 0 Å². The van der Waals surface area contributed by atoms with Gasteiger partial charge in [0.05, 0.1) is 11.0 Å². The van der Waals surface area contributed by atoms with Gasteiger partial charge in [0.2, 0.25) is 0 Å². The number of nitro benzene ring substituents is 1. The number of nitro groups is 1. The molecule has 0 aliphatic heterocycles. The predicted octanol–water partition coefficient (Wildman–Crippen LogP) is 4.66. The van der Waals surface area contributed by atoms with Crippen molar-refractivity contribution >= 4 is 16.5 Å². The normalized spacial score (nSPS) is 16.2. The van der Waals surface area contributed by atoms with E-state index in [9.17, 15) is 23.8 Å². The molecule has 7 heteroatoms. The van der Waals surface area contributed by atoms with Crippen LogP contribution in [-0.4, -0.2) is 24.7 Å². The van der Waals surface area contributed by atoms with Crippen LogP contribution in [0.5, 0.6) is 0 Å². The highest BCUT2D eigenvalue weighted by molar-refractivity contribution is 7.86. The molecule has 0 aliphatic rings. The average Bonchev–Trinajstić information content (AvgIpc) is 2.61. The molecule has 152 valence electrons. The zero-order chi connectivity index (χ0) is 21.1. The Morgan fingerprint density at radius 1 is 1.14 bits per heavy atom. The van der Waals surface area contributed by atoms with Gasteiger partial charge in [0, 0.05) is 44.4 Å². The summed E-state index contributed by atoms with van der Waals surface area (Å²) in [7, 11) is -1.35. The van der Waals surface area contributed by atoms with Gasteiger partial charge in [0.1, 0.15) is 5.82 Å². The Kier molecular flexibility index (Phi) is 6.72. The number of nitrogens with zero attached hydrogens (tertiary/aromatic N) is 1. The van der Waals surface area contributed by atoms with E-state index >= 15 is 0 Å². The minimum Gasteiger partial charge on any atom is -0.388 e. The van der Waals surface area contributed by atoms with E-state index in [1.165, 1.54) is 6.07 Å². The standard InChI is InChI=1S/C21H26FNO4S/c1-20(2,3)28(27)14-21(4,13-19(24)15-8-6-5-7-9-15)17-12-16(23(25)26)10-11-18(17)22/h5-12,19,24H,13-14H2,1-4H3/t19-,21+,28-/m0/s1. The van der Waals surface area contributed by atoms with Crippen molar-refractivity contribution in [2.75, 3.05) is 5.75 Å². The minimum atomic E-state index is -1.35. The van der Waals surface area contributed by atoms with Gasteiger partial charge in [0.25, 0.3) is 5.69 Å². The third-order valence-electron chi connectivity index (χ3n) is 4.77. The quantitative estimate of drug-likeness (QED) is 0.535. The molecule has 0 fully saturated rings. The molecule has 2 aromatic carbocycles. The van der Waals surface area contributed by atoms with Crippen LogP contribution in [0.1, 0.15) is 51.3 Å². The topological polar surface area (TPSA) is 80.4 Å². The summed E-state index contributed by atoms with van der Waals surface area (Å²) in [6, 6.07) is 12.3. The van der Waals surface area contributed by atoms with E-state index in [0.29, 0.717) is 5.56 Å². The van der Waals surface area contributed by atoms with Crippen LogP contribution < -0.4 is 0 Å². The highest BCUT2D eigenvalue weighted by atomic mass is 32.2. The summed E-state index contributed by atoms with van der Waals surface area (Å²) < 4.78 is 27.1. The van der Waals surface area contributed by atoms with Crippen molar-refractivity contribution in [3.05, 3.63) is 75.6 Å². The van der Waals surface area contributed by atoms with Crippen molar-refractivity contribution in [1.82, 2.24) is 0 Å². The highest BCUT2D eigenvalue weighted by Crippen LogP contribution is 2.39. The van der Waals surface area contributed by atoms with E-state index in [4.69, 9.17) is 0 Å². The first-order chi connectivity index (χ1) is 12.9. The lowest BCUT2D eigenvalue weighted by Gasteiger charge is -2.34. The fourth-order valence-electron chi connectivity index (χ4n) is 3.06. The van der Waals surface area contributed by atoms with E-state index in [1.807, 2.05) is 26.8 Å². The lowest BCUT2D eigenvalue weighted by molar-refractivity contribution is -0.385.